The molecule has 0 N–H and O–H groups in total. The van der Waals surface area contributed by atoms with E-state index in [1.807, 2.05) is 0 Å². The third-order valence-corrected chi connectivity index (χ3v) is 10.9. The lowest BCUT2D eigenvalue weighted by Crippen LogP contribution is -2.30. The van der Waals surface area contributed by atoms with Gasteiger partial charge in [-0.3, -0.25) is 14.4 Å². The summed E-state index contributed by atoms with van der Waals surface area (Å²) < 4.78 is 16.7. The standard InChI is InChI=1S/C56H96O6/c1-4-7-10-13-16-18-20-22-23-24-25-26-27-28-29-30-31-32-33-35-36-38-40-43-46-49-55(58)61-52-53(51-60-54(57)48-45-42-15-12-9-6-3)62-56(59)50-47-44-41-39-37-34-21-19-17-14-11-8-5-2/h8,11,17,19-20,22,24-25,27-28,34,37,53H,4-7,9-10,12-16,18,21,23,26,29-33,35-36,38-52H2,1-3H3/b11-8-,19-17-,22-20-,25-24-,28-27-,37-34-. The number of esters is 3. The Labute approximate surface area is 382 Å². The van der Waals surface area contributed by atoms with E-state index in [0.29, 0.717) is 19.3 Å². The fourth-order valence-corrected chi connectivity index (χ4v) is 7.05. The Kier molecular flexibility index (Phi) is 47.9. The summed E-state index contributed by atoms with van der Waals surface area (Å²) in [6.45, 7) is 6.42. The molecule has 1 unspecified atom stereocenters. The molecule has 0 aliphatic rings. The van der Waals surface area contributed by atoms with Crippen LogP contribution in [0.5, 0.6) is 0 Å². The van der Waals surface area contributed by atoms with Crippen LogP contribution >= 0.6 is 0 Å². The fraction of sp³-hybridized carbons (Fsp3) is 0.732. The van der Waals surface area contributed by atoms with Crippen LogP contribution in [0.4, 0.5) is 0 Å². The van der Waals surface area contributed by atoms with Gasteiger partial charge in [-0.1, -0.05) is 209 Å². The minimum Gasteiger partial charge on any atom is -0.462 e. The minimum atomic E-state index is -0.788. The quantitative estimate of drug-likeness (QED) is 0.0262. The van der Waals surface area contributed by atoms with E-state index in [-0.39, 0.29) is 31.1 Å². The van der Waals surface area contributed by atoms with Crippen LogP contribution in [0.25, 0.3) is 0 Å². The molecule has 0 heterocycles. The lowest BCUT2D eigenvalue weighted by Gasteiger charge is -2.18. The van der Waals surface area contributed by atoms with Gasteiger partial charge in [0.05, 0.1) is 0 Å². The Morgan fingerprint density at radius 1 is 0.339 bits per heavy atom. The molecule has 0 fully saturated rings. The highest BCUT2D eigenvalue weighted by Gasteiger charge is 2.19. The second kappa shape index (κ2) is 50.5. The number of rotatable bonds is 46. The predicted molar refractivity (Wildman–Crippen MR) is 265 cm³/mol. The van der Waals surface area contributed by atoms with Crippen LogP contribution in [0.2, 0.25) is 0 Å². The van der Waals surface area contributed by atoms with E-state index in [1.54, 1.807) is 0 Å². The summed E-state index contributed by atoms with van der Waals surface area (Å²) in [6, 6.07) is 0. The van der Waals surface area contributed by atoms with E-state index < -0.39 is 6.10 Å². The van der Waals surface area contributed by atoms with Gasteiger partial charge in [0.2, 0.25) is 0 Å². The molecule has 0 saturated carbocycles. The molecule has 0 radical (unpaired) electrons. The van der Waals surface area contributed by atoms with Gasteiger partial charge in [-0.05, 0) is 89.9 Å². The molecule has 0 spiro atoms. The molecule has 0 amide bonds. The maximum atomic E-state index is 12.7. The number of allylic oxidation sites excluding steroid dienone is 12. The molecule has 0 aliphatic heterocycles. The molecular weight excluding hydrogens is 769 g/mol. The predicted octanol–water partition coefficient (Wildman–Crippen LogP) is 17.0. The number of hydrogen-bond acceptors (Lipinski definition) is 6. The summed E-state index contributed by atoms with van der Waals surface area (Å²) in [5, 5.41) is 0. The monoisotopic (exact) mass is 865 g/mol. The number of hydrogen-bond donors (Lipinski definition) is 0. The summed E-state index contributed by atoms with van der Waals surface area (Å²) >= 11 is 0. The van der Waals surface area contributed by atoms with Gasteiger partial charge in [0.1, 0.15) is 13.2 Å². The molecule has 0 aromatic rings. The Balaban J connectivity index is 4.16. The van der Waals surface area contributed by atoms with Gasteiger partial charge in [-0.2, -0.15) is 0 Å². The fourth-order valence-electron chi connectivity index (χ4n) is 7.05. The van der Waals surface area contributed by atoms with Crippen LogP contribution in [0.15, 0.2) is 72.9 Å². The van der Waals surface area contributed by atoms with Crippen molar-refractivity contribution in [2.45, 2.75) is 252 Å². The maximum Gasteiger partial charge on any atom is 0.306 e. The minimum absolute atomic E-state index is 0.0888. The van der Waals surface area contributed by atoms with Crippen molar-refractivity contribution in [2.75, 3.05) is 13.2 Å². The van der Waals surface area contributed by atoms with Crippen molar-refractivity contribution in [1.82, 2.24) is 0 Å². The van der Waals surface area contributed by atoms with Crippen molar-refractivity contribution < 1.29 is 28.6 Å². The van der Waals surface area contributed by atoms with Gasteiger partial charge in [0, 0.05) is 19.3 Å². The zero-order chi connectivity index (χ0) is 45.1. The zero-order valence-corrected chi connectivity index (χ0v) is 40.6. The lowest BCUT2D eigenvalue weighted by molar-refractivity contribution is -0.167. The molecule has 6 nitrogen and oxygen atoms in total. The normalized spacial score (nSPS) is 12.6. The molecule has 6 heteroatoms. The second-order valence-corrected chi connectivity index (χ2v) is 17.1. The summed E-state index contributed by atoms with van der Waals surface area (Å²) in [6.07, 6.45) is 63.5. The molecular formula is C56H96O6. The van der Waals surface area contributed by atoms with E-state index in [0.717, 1.165) is 96.3 Å². The number of carbonyl (C=O) groups is 3. The molecule has 356 valence electrons. The van der Waals surface area contributed by atoms with E-state index in [2.05, 4.69) is 93.7 Å². The molecule has 0 aromatic carbocycles. The van der Waals surface area contributed by atoms with E-state index in [4.69, 9.17) is 14.2 Å². The van der Waals surface area contributed by atoms with Crippen LogP contribution in [0.1, 0.15) is 245 Å². The van der Waals surface area contributed by atoms with Gasteiger partial charge in [-0.15, -0.1) is 0 Å². The van der Waals surface area contributed by atoms with E-state index >= 15 is 0 Å². The smallest absolute Gasteiger partial charge is 0.306 e. The van der Waals surface area contributed by atoms with Crippen molar-refractivity contribution in [1.29, 1.82) is 0 Å². The second-order valence-electron chi connectivity index (χ2n) is 17.1. The molecule has 0 rings (SSSR count). The van der Waals surface area contributed by atoms with E-state index in [9.17, 15) is 14.4 Å². The maximum absolute atomic E-state index is 12.7. The molecule has 0 bridgehead atoms. The Hall–Kier alpha value is -3.15. The molecule has 62 heavy (non-hydrogen) atoms. The molecule has 1 atom stereocenters. The van der Waals surface area contributed by atoms with Gasteiger partial charge < -0.3 is 14.2 Å². The first kappa shape index (κ1) is 58.9. The molecule has 0 saturated heterocycles. The summed E-state index contributed by atoms with van der Waals surface area (Å²) in [5.74, 6) is -0.933. The average Bonchev–Trinajstić information content (AvgIpc) is 3.27. The number of ether oxygens (including phenoxy) is 3. The number of carbonyl (C=O) groups excluding carboxylic acids is 3. The van der Waals surface area contributed by atoms with E-state index in [1.165, 1.54) is 109 Å². The first-order chi connectivity index (χ1) is 30.5. The third-order valence-electron chi connectivity index (χ3n) is 10.9. The van der Waals surface area contributed by atoms with Crippen molar-refractivity contribution in [2.24, 2.45) is 0 Å². The van der Waals surface area contributed by atoms with Crippen LogP contribution in [0, 0.1) is 0 Å². The van der Waals surface area contributed by atoms with Gasteiger partial charge >= 0.3 is 17.9 Å². The number of unbranched alkanes of at least 4 members (excludes halogenated alkanes) is 23. The van der Waals surface area contributed by atoms with Crippen LogP contribution in [0.3, 0.4) is 0 Å². The highest BCUT2D eigenvalue weighted by molar-refractivity contribution is 5.71. The Morgan fingerprint density at radius 2 is 0.629 bits per heavy atom. The first-order valence-corrected chi connectivity index (χ1v) is 25.9. The lowest BCUT2D eigenvalue weighted by atomic mass is 10.1. The van der Waals surface area contributed by atoms with Crippen molar-refractivity contribution in [3.05, 3.63) is 72.9 Å². The van der Waals surface area contributed by atoms with Crippen molar-refractivity contribution in [3.63, 3.8) is 0 Å². The highest BCUT2D eigenvalue weighted by atomic mass is 16.6. The molecule has 0 aromatic heterocycles. The van der Waals surface area contributed by atoms with Crippen LogP contribution in [-0.2, 0) is 28.6 Å². The topological polar surface area (TPSA) is 78.9 Å². The van der Waals surface area contributed by atoms with Gasteiger partial charge in [0.25, 0.3) is 0 Å². The Bertz CT molecular complexity index is 1180. The first-order valence-electron chi connectivity index (χ1n) is 25.9. The Morgan fingerprint density at radius 3 is 1.00 bits per heavy atom. The summed E-state index contributed by atoms with van der Waals surface area (Å²) in [5.41, 5.74) is 0. The SMILES string of the molecule is CC/C=C\C/C=C\C/C=C\CCCCCC(=O)OC(COC(=O)CCCCCCCC)COC(=O)CCCCCCCCCCCC/C=C\C/C=C\C/C=C\CCCCCCC. The largest absolute Gasteiger partial charge is 0.462 e. The van der Waals surface area contributed by atoms with Crippen LogP contribution < -0.4 is 0 Å². The summed E-state index contributed by atoms with van der Waals surface area (Å²) in [7, 11) is 0. The molecule has 0 aliphatic carbocycles. The van der Waals surface area contributed by atoms with Crippen LogP contribution in [-0.4, -0.2) is 37.2 Å². The van der Waals surface area contributed by atoms with Crippen molar-refractivity contribution in [3.8, 4) is 0 Å². The van der Waals surface area contributed by atoms with Gasteiger partial charge in [0.15, 0.2) is 6.10 Å². The average molecular weight is 865 g/mol. The van der Waals surface area contributed by atoms with Crippen molar-refractivity contribution >= 4 is 17.9 Å². The highest BCUT2D eigenvalue weighted by Crippen LogP contribution is 2.14. The third kappa shape index (κ3) is 47.9. The summed E-state index contributed by atoms with van der Waals surface area (Å²) in [4.78, 5) is 37.7. The van der Waals surface area contributed by atoms with Gasteiger partial charge in [-0.25, -0.2) is 0 Å². The zero-order valence-electron chi connectivity index (χ0n) is 40.6.